The Hall–Kier alpha value is -1.67. The first-order valence-corrected chi connectivity index (χ1v) is 7.72. The third-order valence-corrected chi connectivity index (χ3v) is 4.97. The molecule has 20 heavy (non-hydrogen) atoms. The number of rotatable bonds is 5. The Balaban J connectivity index is 2.31. The highest BCUT2D eigenvalue weighted by atomic mass is 32.2. The lowest BCUT2D eigenvalue weighted by Crippen LogP contribution is -2.33. The van der Waals surface area contributed by atoms with Gasteiger partial charge < -0.3 is 5.11 Å². The summed E-state index contributed by atoms with van der Waals surface area (Å²) < 4.78 is 28.6. The van der Waals surface area contributed by atoms with Gasteiger partial charge in [-0.3, -0.25) is 9.48 Å². The minimum absolute atomic E-state index is 0.0747. The van der Waals surface area contributed by atoms with E-state index < -0.39 is 16.0 Å². The molecule has 0 unspecified atom stereocenters. The molecule has 1 aliphatic rings. The van der Waals surface area contributed by atoms with Gasteiger partial charge in [0.2, 0.25) is 10.0 Å². The molecule has 8 heteroatoms. The number of nitrogens with one attached hydrogen (secondary N) is 1. The molecule has 0 amide bonds. The van der Waals surface area contributed by atoms with Crippen LogP contribution in [0.15, 0.2) is 17.0 Å². The molecule has 0 aromatic carbocycles. The van der Waals surface area contributed by atoms with Crippen LogP contribution in [0.25, 0.3) is 0 Å². The normalized spacial score (nSPS) is 15.9. The van der Waals surface area contributed by atoms with Crippen LogP contribution in [0.4, 0.5) is 0 Å². The van der Waals surface area contributed by atoms with Crippen molar-refractivity contribution in [2.45, 2.75) is 44.2 Å². The summed E-state index contributed by atoms with van der Waals surface area (Å²) in [6, 6.07) is -0.137. The second-order valence-corrected chi connectivity index (χ2v) is 6.46. The van der Waals surface area contributed by atoms with Gasteiger partial charge in [-0.05, 0) is 26.7 Å². The van der Waals surface area contributed by atoms with Crippen molar-refractivity contribution in [3.63, 3.8) is 0 Å². The van der Waals surface area contributed by atoms with E-state index in [2.05, 4.69) is 9.82 Å². The lowest BCUT2D eigenvalue weighted by molar-refractivity contribution is -0.137. The zero-order valence-corrected chi connectivity index (χ0v) is 12.1. The summed E-state index contributed by atoms with van der Waals surface area (Å²) in [4.78, 5) is 10.8. The summed E-state index contributed by atoms with van der Waals surface area (Å²) >= 11 is 0. The quantitative estimate of drug-likeness (QED) is 0.775. The standard InChI is InChI=1S/C12H17N3O4S/c1-8-12(9(2)15(13-8)7-11(16)17)20(18,19)14-10-5-3-4-6-10/h3-4,10,14H,5-7H2,1-2H3,(H,16,17). The van der Waals surface area contributed by atoms with Crippen molar-refractivity contribution in [1.82, 2.24) is 14.5 Å². The number of hydrogen-bond donors (Lipinski definition) is 2. The minimum atomic E-state index is -3.69. The Morgan fingerprint density at radius 1 is 1.45 bits per heavy atom. The highest BCUT2D eigenvalue weighted by Crippen LogP contribution is 2.21. The molecule has 0 spiro atoms. The predicted octanol–water partition coefficient (Wildman–Crippen LogP) is 0.581. The molecule has 0 aliphatic heterocycles. The first-order chi connectivity index (χ1) is 9.31. The Kier molecular flexibility index (Phi) is 3.96. The van der Waals surface area contributed by atoms with Gasteiger partial charge in [0.25, 0.3) is 0 Å². The molecular formula is C12H17N3O4S. The molecule has 2 N–H and O–H groups in total. The molecule has 110 valence electrons. The lowest BCUT2D eigenvalue weighted by Gasteiger charge is -2.12. The van der Waals surface area contributed by atoms with E-state index in [1.54, 1.807) is 13.8 Å². The number of sulfonamides is 1. The van der Waals surface area contributed by atoms with E-state index in [9.17, 15) is 13.2 Å². The van der Waals surface area contributed by atoms with Gasteiger partial charge >= 0.3 is 5.97 Å². The summed E-state index contributed by atoms with van der Waals surface area (Å²) in [5.74, 6) is -1.06. The van der Waals surface area contributed by atoms with Gasteiger partial charge in [0, 0.05) is 6.04 Å². The minimum Gasteiger partial charge on any atom is -0.480 e. The zero-order chi connectivity index (χ0) is 14.9. The fourth-order valence-electron chi connectivity index (χ4n) is 2.34. The predicted molar refractivity (Wildman–Crippen MR) is 71.8 cm³/mol. The molecule has 0 atom stereocenters. The van der Waals surface area contributed by atoms with Crippen molar-refractivity contribution < 1.29 is 18.3 Å². The fraction of sp³-hybridized carbons (Fsp3) is 0.500. The molecule has 7 nitrogen and oxygen atoms in total. The third kappa shape index (κ3) is 2.91. The van der Waals surface area contributed by atoms with Crippen molar-refractivity contribution in [1.29, 1.82) is 0 Å². The smallest absolute Gasteiger partial charge is 0.325 e. The second-order valence-electron chi connectivity index (χ2n) is 4.81. The fourth-order valence-corrected chi connectivity index (χ4v) is 4.02. The molecule has 0 bridgehead atoms. The third-order valence-electron chi connectivity index (χ3n) is 3.20. The van der Waals surface area contributed by atoms with Gasteiger partial charge in [0.15, 0.2) is 0 Å². The zero-order valence-electron chi connectivity index (χ0n) is 11.3. The molecule has 0 saturated heterocycles. The van der Waals surface area contributed by atoms with Gasteiger partial charge in [0.05, 0.1) is 11.4 Å². The summed E-state index contributed by atoms with van der Waals surface area (Å²) in [5, 5.41) is 12.8. The summed E-state index contributed by atoms with van der Waals surface area (Å²) in [6.45, 7) is 2.77. The average molecular weight is 299 g/mol. The number of aromatic nitrogens is 2. The molecule has 1 aromatic rings. The van der Waals surface area contributed by atoms with E-state index in [1.165, 1.54) is 4.68 Å². The van der Waals surface area contributed by atoms with Crippen LogP contribution in [0.2, 0.25) is 0 Å². The Bertz CT molecular complexity index is 652. The average Bonchev–Trinajstić information content (AvgIpc) is 2.87. The van der Waals surface area contributed by atoms with Crippen LogP contribution in [0.5, 0.6) is 0 Å². The summed E-state index contributed by atoms with van der Waals surface area (Å²) in [7, 11) is -3.69. The van der Waals surface area contributed by atoms with Crippen LogP contribution in [-0.2, 0) is 21.4 Å². The number of nitrogens with zero attached hydrogens (tertiary/aromatic N) is 2. The van der Waals surface area contributed by atoms with Crippen molar-refractivity contribution in [2.75, 3.05) is 0 Å². The maximum Gasteiger partial charge on any atom is 0.325 e. The first-order valence-electron chi connectivity index (χ1n) is 6.24. The Labute approximate surface area is 117 Å². The largest absolute Gasteiger partial charge is 0.480 e. The lowest BCUT2D eigenvalue weighted by atomic mass is 10.3. The number of aryl methyl sites for hydroxylation is 1. The van der Waals surface area contributed by atoms with Crippen LogP contribution in [0.3, 0.4) is 0 Å². The number of aliphatic carboxylic acids is 1. The van der Waals surface area contributed by atoms with Crippen molar-refractivity contribution in [3.8, 4) is 0 Å². The molecule has 0 fully saturated rings. The maximum absolute atomic E-state index is 12.4. The Morgan fingerprint density at radius 3 is 2.60 bits per heavy atom. The number of carboxylic acids is 1. The van der Waals surface area contributed by atoms with Crippen LogP contribution < -0.4 is 4.72 Å². The van der Waals surface area contributed by atoms with Crippen molar-refractivity contribution in [3.05, 3.63) is 23.5 Å². The van der Waals surface area contributed by atoms with E-state index in [4.69, 9.17) is 5.11 Å². The van der Waals surface area contributed by atoms with E-state index >= 15 is 0 Å². The molecule has 1 aliphatic carbocycles. The topological polar surface area (TPSA) is 101 Å². The molecule has 1 aromatic heterocycles. The van der Waals surface area contributed by atoms with Gasteiger partial charge in [-0.1, -0.05) is 12.2 Å². The summed E-state index contributed by atoms with van der Waals surface area (Å²) in [5.41, 5.74) is 0.644. The van der Waals surface area contributed by atoms with Gasteiger partial charge in [-0.15, -0.1) is 0 Å². The summed E-state index contributed by atoms with van der Waals surface area (Å²) in [6.07, 6.45) is 5.20. The van der Waals surface area contributed by atoms with E-state index in [0.29, 0.717) is 24.2 Å². The molecule has 1 heterocycles. The van der Waals surface area contributed by atoms with Crippen LogP contribution in [0.1, 0.15) is 24.2 Å². The van der Waals surface area contributed by atoms with Crippen LogP contribution in [0, 0.1) is 13.8 Å². The highest BCUT2D eigenvalue weighted by molar-refractivity contribution is 7.89. The van der Waals surface area contributed by atoms with Crippen LogP contribution >= 0.6 is 0 Å². The second kappa shape index (κ2) is 5.37. The first kappa shape index (κ1) is 14.7. The van der Waals surface area contributed by atoms with E-state index in [1.807, 2.05) is 12.2 Å². The highest BCUT2D eigenvalue weighted by Gasteiger charge is 2.27. The Morgan fingerprint density at radius 2 is 2.05 bits per heavy atom. The SMILES string of the molecule is Cc1nn(CC(=O)O)c(C)c1S(=O)(=O)NC1CC=CC1. The van der Waals surface area contributed by atoms with Gasteiger partial charge in [-0.25, -0.2) is 13.1 Å². The molecule has 0 saturated carbocycles. The number of carbonyl (C=O) groups is 1. The van der Waals surface area contributed by atoms with Gasteiger partial charge in [-0.2, -0.15) is 5.10 Å². The molecular weight excluding hydrogens is 282 g/mol. The van der Waals surface area contributed by atoms with E-state index in [-0.39, 0.29) is 17.5 Å². The number of hydrogen-bond acceptors (Lipinski definition) is 4. The van der Waals surface area contributed by atoms with Gasteiger partial charge in [0.1, 0.15) is 11.4 Å². The monoisotopic (exact) mass is 299 g/mol. The van der Waals surface area contributed by atoms with Crippen LogP contribution in [-0.4, -0.2) is 35.3 Å². The van der Waals surface area contributed by atoms with Crippen molar-refractivity contribution in [2.24, 2.45) is 0 Å². The molecule has 2 rings (SSSR count). The van der Waals surface area contributed by atoms with Crippen molar-refractivity contribution >= 4 is 16.0 Å². The number of carboxylic acid groups (broad SMARTS) is 1. The maximum atomic E-state index is 12.4. The van der Waals surface area contributed by atoms with E-state index in [0.717, 1.165) is 0 Å². The molecule has 0 radical (unpaired) electrons.